The van der Waals surface area contributed by atoms with Crippen LogP contribution in [0.5, 0.6) is 5.75 Å². The van der Waals surface area contributed by atoms with Gasteiger partial charge in [-0.05, 0) is 53.5 Å². The van der Waals surface area contributed by atoms with Crippen molar-refractivity contribution in [1.82, 2.24) is 4.72 Å². The Hall–Kier alpha value is -3.76. The average molecular weight is 585 g/mol. The van der Waals surface area contributed by atoms with E-state index in [1.807, 2.05) is 0 Å². The molecule has 17 heteroatoms. The standard InChI is InChI=1S/C19H23ClN4O6S.C2HF3O2/c20-14-4-8-16(9-5-14)31(27,28)24-17(18(25)26)12-13-2-6-15(7-3-13)29-10-1-11-30-23-19(21)22;3-2(4,5)1(6)7/h2-9,17,24H,1,10-12H2,(H,25,26)(H4,21,22,23);(H,6,7)/t17-;/m0./s1. The molecule has 0 aliphatic carbocycles. The minimum absolute atomic E-state index is 0.0468. The number of hydrogen-bond acceptors (Lipinski definition) is 7. The molecule has 0 saturated carbocycles. The number of sulfonamides is 1. The molecule has 0 saturated heterocycles. The number of carbonyl (C=O) groups is 2. The normalized spacial score (nSPS) is 11.9. The zero-order valence-electron chi connectivity index (χ0n) is 19.4. The zero-order valence-corrected chi connectivity index (χ0v) is 21.0. The number of ether oxygens (including phenoxy) is 1. The fourth-order valence-corrected chi connectivity index (χ4v) is 3.75. The highest BCUT2D eigenvalue weighted by molar-refractivity contribution is 7.89. The van der Waals surface area contributed by atoms with Gasteiger partial charge in [-0.25, -0.2) is 13.2 Å². The van der Waals surface area contributed by atoms with E-state index in [1.165, 1.54) is 24.3 Å². The van der Waals surface area contributed by atoms with Gasteiger partial charge in [-0.2, -0.15) is 17.9 Å². The largest absolute Gasteiger partial charge is 0.493 e. The van der Waals surface area contributed by atoms with Crippen LogP contribution < -0.4 is 20.9 Å². The molecule has 1 atom stereocenters. The zero-order chi connectivity index (χ0) is 28.9. The van der Waals surface area contributed by atoms with Gasteiger partial charge in [-0.1, -0.05) is 23.7 Å². The molecule has 2 rings (SSSR count). The van der Waals surface area contributed by atoms with Crippen LogP contribution in [-0.2, 0) is 30.9 Å². The summed E-state index contributed by atoms with van der Waals surface area (Å²) in [6.07, 6.45) is -4.58. The minimum Gasteiger partial charge on any atom is -0.493 e. The minimum atomic E-state index is -5.08. The second kappa shape index (κ2) is 14.8. The predicted octanol–water partition coefficient (Wildman–Crippen LogP) is 1.92. The van der Waals surface area contributed by atoms with Crippen LogP contribution in [0.2, 0.25) is 5.02 Å². The van der Waals surface area contributed by atoms with Crippen molar-refractivity contribution < 1.29 is 51.0 Å². The first-order valence-electron chi connectivity index (χ1n) is 10.3. The second-order valence-electron chi connectivity index (χ2n) is 7.17. The number of alkyl halides is 3. The van der Waals surface area contributed by atoms with Crippen molar-refractivity contribution in [3.05, 3.63) is 59.1 Å². The van der Waals surface area contributed by atoms with E-state index in [0.29, 0.717) is 29.4 Å². The molecular formula is C21H24ClF3N4O8S. The number of benzene rings is 2. The number of oxime groups is 1. The predicted molar refractivity (Wildman–Crippen MR) is 129 cm³/mol. The Morgan fingerprint density at radius 2 is 1.58 bits per heavy atom. The average Bonchev–Trinajstić information content (AvgIpc) is 2.81. The van der Waals surface area contributed by atoms with E-state index in [0.717, 1.165) is 0 Å². The first-order chi connectivity index (χ1) is 17.6. The highest BCUT2D eigenvalue weighted by atomic mass is 35.5. The summed E-state index contributed by atoms with van der Waals surface area (Å²) in [6.45, 7) is 0.641. The Morgan fingerprint density at radius 1 is 1.03 bits per heavy atom. The molecule has 0 heterocycles. The first-order valence-corrected chi connectivity index (χ1v) is 12.2. The van der Waals surface area contributed by atoms with Crippen LogP contribution >= 0.6 is 11.6 Å². The van der Waals surface area contributed by atoms with E-state index >= 15 is 0 Å². The Bertz CT molecular complexity index is 1190. The summed E-state index contributed by atoms with van der Waals surface area (Å²) >= 11 is 5.76. The molecule has 210 valence electrons. The highest BCUT2D eigenvalue weighted by Crippen LogP contribution is 2.17. The van der Waals surface area contributed by atoms with E-state index < -0.39 is 34.2 Å². The second-order valence-corrected chi connectivity index (χ2v) is 9.32. The first kappa shape index (κ1) is 32.3. The van der Waals surface area contributed by atoms with Crippen molar-refractivity contribution >= 4 is 39.5 Å². The van der Waals surface area contributed by atoms with E-state index in [-0.39, 0.29) is 23.9 Å². The molecule has 0 aromatic heterocycles. The third-order valence-electron chi connectivity index (χ3n) is 4.14. The van der Waals surface area contributed by atoms with Gasteiger partial charge in [0.1, 0.15) is 18.4 Å². The van der Waals surface area contributed by atoms with Crippen LogP contribution in [0, 0.1) is 0 Å². The fourth-order valence-electron chi connectivity index (χ4n) is 2.44. The van der Waals surface area contributed by atoms with E-state index in [4.69, 9.17) is 42.5 Å². The maximum atomic E-state index is 12.5. The molecule has 0 aliphatic rings. The molecule has 0 amide bonds. The summed E-state index contributed by atoms with van der Waals surface area (Å²) in [5.74, 6) is -3.64. The molecule has 0 radical (unpaired) electrons. The number of halogens is 4. The number of rotatable bonds is 12. The van der Waals surface area contributed by atoms with Gasteiger partial charge in [-0.15, -0.1) is 0 Å². The number of nitrogens with one attached hydrogen (secondary N) is 1. The summed E-state index contributed by atoms with van der Waals surface area (Å²) < 4.78 is 64.4. The molecule has 7 N–H and O–H groups in total. The molecule has 0 bridgehead atoms. The lowest BCUT2D eigenvalue weighted by molar-refractivity contribution is -0.192. The molecule has 2 aromatic carbocycles. The number of hydrogen-bond donors (Lipinski definition) is 5. The van der Waals surface area contributed by atoms with E-state index in [2.05, 4.69) is 9.88 Å². The van der Waals surface area contributed by atoms with Crippen LogP contribution in [0.25, 0.3) is 0 Å². The van der Waals surface area contributed by atoms with Crippen molar-refractivity contribution in [3.63, 3.8) is 0 Å². The van der Waals surface area contributed by atoms with E-state index in [9.17, 15) is 31.5 Å². The Labute approximate surface area is 220 Å². The number of carboxylic acids is 2. The number of nitrogens with two attached hydrogens (primary N) is 2. The summed E-state index contributed by atoms with van der Waals surface area (Å²) in [5.41, 5.74) is 10.9. The topological polar surface area (TPSA) is 204 Å². The monoisotopic (exact) mass is 584 g/mol. The molecule has 0 spiro atoms. The van der Waals surface area contributed by atoms with Gasteiger partial charge in [0, 0.05) is 11.4 Å². The van der Waals surface area contributed by atoms with Gasteiger partial charge in [-0.3, -0.25) is 4.79 Å². The lowest BCUT2D eigenvalue weighted by atomic mass is 10.1. The SMILES string of the molecule is NC(N)=NOCCCOc1ccc(C[C@H](NS(=O)(=O)c2ccc(Cl)cc2)C(=O)O)cc1.O=C(O)C(F)(F)F. The quantitative estimate of drug-likeness (QED) is 0.106. The van der Waals surface area contributed by atoms with Crippen molar-refractivity contribution in [1.29, 1.82) is 0 Å². The summed E-state index contributed by atoms with van der Waals surface area (Å²) in [4.78, 5) is 25.3. The molecular weight excluding hydrogens is 561 g/mol. The number of guanidine groups is 1. The molecule has 0 unspecified atom stereocenters. The van der Waals surface area contributed by atoms with Crippen molar-refractivity contribution in [2.45, 2.75) is 30.0 Å². The number of nitrogens with zero attached hydrogens (tertiary/aromatic N) is 1. The van der Waals surface area contributed by atoms with Gasteiger partial charge < -0.3 is 31.3 Å². The fraction of sp³-hybridized carbons (Fsp3) is 0.286. The number of aliphatic carboxylic acids is 2. The maximum absolute atomic E-state index is 12.5. The Morgan fingerprint density at radius 3 is 2.05 bits per heavy atom. The van der Waals surface area contributed by atoms with Gasteiger partial charge >= 0.3 is 18.1 Å². The van der Waals surface area contributed by atoms with Gasteiger partial charge in [0.25, 0.3) is 0 Å². The Kier molecular flexibility index (Phi) is 12.6. The third kappa shape index (κ3) is 12.5. The summed E-state index contributed by atoms with van der Waals surface area (Å²) in [5, 5.41) is 20.3. The van der Waals surface area contributed by atoms with Crippen molar-refractivity contribution in [3.8, 4) is 5.75 Å². The third-order valence-corrected chi connectivity index (χ3v) is 5.88. The molecule has 12 nitrogen and oxygen atoms in total. The van der Waals surface area contributed by atoms with Crippen LogP contribution in [0.1, 0.15) is 12.0 Å². The van der Waals surface area contributed by atoms with Gasteiger partial charge in [0.15, 0.2) is 0 Å². The van der Waals surface area contributed by atoms with Gasteiger partial charge in [0.2, 0.25) is 16.0 Å². The van der Waals surface area contributed by atoms with Crippen molar-refractivity contribution in [2.75, 3.05) is 13.2 Å². The van der Waals surface area contributed by atoms with Crippen molar-refractivity contribution in [2.24, 2.45) is 16.6 Å². The molecule has 0 fully saturated rings. The maximum Gasteiger partial charge on any atom is 0.490 e. The lowest BCUT2D eigenvalue weighted by Crippen LogP contribution is -2.42. The molecule has 2 aromatic rings. The number of carboxylic acid groups (broad SMARTS) is 2. The van der Waals surface area contributed by atoms with Gasteiger partial charge in [0.05, 0.1) is 11.5 Å². The van der Waals surface area contributed by atoms with Crippen LogP contribution in [0.3, 0.4) is 0 Å². The van der Waals surface area contributed by atoms with E-state index in [1.54, 1.807) is 24.3 Å². The summed E-state index contributed by atoms with van der Waals surface area (Å²) in [6, 6.07) is 10.7. The lowest BCUT2D eigenvalue weighted by Gasteiger charge is -2.15. The molecule has 38 heavy (non-hydrogen) atoms. The van der Waals surface area contributed by atoms with Crippen LogP contribution in [0.15, 0.2) is 58.6 Å². The Balaban J connectivity index is 0.000000905. The highest BCUT2D eigenvalue weighted by Gasteiger charge is 2.38. The van der Waals surface area contributed by atoms with Crippen LogP contribution in [-0.4, -0.2) is 62.0 Å². The van der Waals surface area contributed by atoms with Crippen LogP contribution in [0.4, 0.5) is 13.2 Å². The molecule has 0 aliphatic heterocycles. The summed E-state index contributed by atoms with van der Waals surface area (Å²) in [7, 11) is -4.03. The smallest absolute Gasteiger partial charge is 0.490 e.